The predicted octanol–water partition coefficient (Wildman–Crippen LogP) is 2.70. The third-order valence-corrected chi connectivity index (χ3v) is 4.27. The Balaban J connectivity index is 1.73. The number of urea groups is 1. The van der Waals surface area contributed by atoms with Gasteiger partial charge in [0.25, 0.3) is 11.8 Å². The number of imide groups is 2. The highest BCUT2D eigenvalue weighted by atomic mass is 16.7. The molecule has 0 aliphatic carbocycles. The highest BCUT2D eigenvalue weighted by Crippen LogP contribution is 2.33. The van der Waals surface area contributed by atoms with Gasteiger partial charge in [-0.3, -0.25) is 14.9 Å². The van der Waals surface area contributed by atoms with Crippen molar-refractivity contribution >= 4 is 29.6 Å². The SMILES string of the molecule is Cc1cc(C)cc(N2C(=O)NC(=O)/C(=C/c3ccc4c(c3)OCO4)C2=O)c1. The number of hydrogen-bond acceptors (Lipinski definition) is 5. The van der Waals surface area contributed by atoms with Crippen molar-refractivity contribution in [3.63, 3.8) is 0 Å². The van der Waals surface area contributed by atoms with E-state index in [1.54, 1.807) is 30.3 Å². The molecule has 1 saturated heterocycles. The van der Waals surface area contributed by atoms with E-state index in [-0.39, 0.29) is 12.4 Å². The van der Waals surface area contributed by atoms with Crippen molar-refractivity contribution in [2.45, 2.75) is 13.8 Å². The Morgan fingerprint density at radius 2 is 1.67 bits per heavy atom. The van der Waals surface area contributed by atoms with Gasteiger partial charge in [-0.25, -0.2) is 9.69 Å². The van der Waals surface area contributed by atoms with Gasteiger partial charge in [-0.1, -0.05) is 12.1 Å². The molecule has 2 aliphatic rings. The lowest BCUT2D eigenvalue weighted by molar-refractivity contribution is -0.122. The van der Waals surface area contributed by atoms with Crippen LogP contribution in [0.5, 0.6) is 11.5 Å². The number of fused-ring (bicyclic) bond motifs is 1. The first-order valence-corrected chi connectivity index (χ1v) is 8.32. The number of ether oxygens (including phenoxy) is 2. The maximum absolute atomic E-state index is 12.9. The van der Waals surface area contributed by atoms with Crippen LogP contribution >= 0.6 is 0 Å². The van der Waals surface area contributed by atoms with Crippen LogP contribution in [0.3, 0.4) is 0 Å². The van der Waals surface area contributed by atoms with E-state index >= 15 is 0 Å². The second-order valence-electron chi connectivity index (χ2n) is 6.42. The molecule has 2 aromatic rings. The number of carbonyl (C=O) groups is 3. The predicted molar refractivity (Wildman–Crippen MR) is 97.5 cm³/mol. The highest BCUT2D eigenvalue weighted by Gasteiger charge is 2.37. The summed E-state index contributed by atoms with van der Waals surface area (Å²) >= 11 is 0. The van der Waals surface area contributed by atoms with Gasteiger partial charge in [0.2, 0.25) is 6.79 Å². The summed E-state index contributed by atoms with van der Waals surface area (Å²) < 4.78 is 10.6. The molecule has 27 heavy (non-hydrogen) atoms. The summed E-state index contributed by atoms with van der Waals surface area (Å²) in [6, 6.07) is 9.69. The maximum atomic E-state index is 12.9. The van der Waals surface area contributed by atoms with Gasteiger partial charge < -0.3 is 9.47 Å². The molecule has 4 rings (SSSR count). The summed E-state index contributed by atoms with van der Waals surface area (Å²) in [5.41, 5.74) is 2.69. The Morgan fingerprint density at radius 3 is 2.41 bits per heavy atom. The summed E-state index contributed by atoms with van der Waals surface area (Å²) in [6.07, 6.45) is 1.43. The molecule has 1 N–H and O–H groups in total. The molecule has 2 aliphatic heterocycles. The van der Waals surface area contributed by atoms with Crippen molar-refractivity contribution in [1.29, 1.82) is 0 Å². The quantitative estimate of drug-likeness (QED) is 0.654. The van der Waals surface area contributed by atoms with E-state index in [1.165, 1.54) is 6.08 Å². The number of carbonyl (C=O) groups excluding carboxylic acids is 3. The van der Waals surface area contributed by atoms with Crippen molar-refractivity contribution in [2.24, 2.45) is 0 Å². The third kappa shape index (κ3) is 3.03. The molecule has 0 unspecified atom stereocenters. The summed E-state index contributed by atoms with van der Waals surface area (Å²) in [5, 5.41) is 2.22. The molecular weight excluding hydrogens is 348 g/mol. The van der Waals surface area contributed by atoms with Gasteiger partial charge in [-0.15, -0.1) is 0 Å². The van der Waals surface area contributed by atoms with Gasteiger partial charge in [0.15, 0.2) is 11.5 Å². The molecule has 7 nitrogen and oxygen atoms in total. The Hall–Kier alpha value is -3.61. The van der Waals surface area contributed by atoms with E-state index < -0.39 is 17.8 Å². The Bertz CT molecular complexity index is 1000. The number of aryl methyl sites for hydroxylation is 2. The molecule has 136 valence electrons. The van der Waals surface area contributed by atoms with E-state index in [9.17, 15) is 14.4 Å². The van der Waals surface area contributed by atoms with Crippen molar-refractivity contribution in [3.8, 4) is 11.5 Å². The number of anilines is 1. The fourth-order valence-electron chi connectivity index (χ4n) is 3.14. The first-order chi connectivity index (χ1) is 12.9. The number of barbiturate groups is 1. The minimum absolute atomic E-state index is 0.129. The fraction of sp³-hybridized carbons (Fsp3) is 0.150. The van der Waals surface area contributed by atoms with Crippen molar-refractivity contribution in [2.75, 3.05) is 11.7 Å². The number of benzene rings is 2. The Labute approximate surface area is 155 Å². The fourth-order valence-corrected chi connectivity index (χ4v) is 3.14. The van der Waals surface area contributed by atoms with Gasteiger partial charge in [0, 0.05) is 0 Å². The number of nitrogens with one attached hydrogen (secondary N) is 1. The summed E-state index contributed by atoms with van der Waals surface area (Å²) in [5.74, 6) is -0.270. The number of rotatable bonds is 2. The molecule has 0 saturated carbocycles. The van der Waals surface area contributed by atoms with Crippen LogP contribution < -0.4 is 19.7 Å². The molecule has 4 amide bonds. The average molecular weight is 364 g/mol. The van der Waals surface area contributed by atoms with Crippen LogP contribution in [0.2, 0.25) is 0 Å². The van der Waals surface area contributed by atoms with E-state index in [0.717, 1.165) is 16.0 Å². The maximum Gasteiger partial charge on any atom is 0.335 e. The molecule has 2 heterocycles. The molecule has 1 fully saturated rings. The molecule has 2 aromatic carbocycles. The van der Waals surface area contributed by atoms with E-state index in [2.05, 4.69) is 5.32 Å². The highest BCUT2D eigenvalue weighted by molar-refractivity contribution is 6.39. The minimum Gasteiger partial charge on any atom is -0.454 e. The van der Waals surface area contributed by atoms with Crippen LogP contribution in [-0.4, -0.2) is 24.6 Å². The summed E-state index contributed by atoms with van der Waals surface area (Å²) in [4.78, 5) is 38.5. The molecule has 0 bridgehead atoms. The zero-order chi connectivity index (χ0) is 19.1. The molecule has 0 spiro atoms. The summed E-state index contributed by atoms with van der Waals surface area (Å²) in [7, 11) is 0. The van der Waals surface area contributed by atoms with Gasteiger partial charge in [0.05, 0.1) is 5.69 Å². The molecule has 7 heteroatoms. The second-order valence-corrected chi connectivity index (χ2v) is 6.42. The van der Waals surface area contributed by atoms with E-state index in [0.29, 0.717) is 22.7 Å². The van der Waals surface area contributed by atoms with Crippen LogP contribution in [-0.2, 0) is 9.59 Å². The van der Waals surface area contributed by atoms with Gasteiger partial charge >= 0.3 is 6.03 Å². The Morgan fingerprint density at radius 1 is 0.963 bits per heavy atom. The van der Waals surface area contributed by atoms with Gasteiger partial charge in [-0.2, -0.15) is 0 Å². The molecule has 0 atom stereocenters. The van der Waals surface area contributed by atoms with Crippen LogP contribution in [0.25, 0.3) is 6.08 Å². The number of amides is 4. The standard InChI is InChI=1S/C20H16N2O5/c1-11-5-12(2)7-14(6-11)22-19(24)15(18(23)21-20(22)25)8-13-3-4-16-17(9-13)27-10-26-16/h3-9H,10H2,1-2H3,(H,21,23,25)/b15-8-. The lowest BCUT2D eigenvalue weighted by atomic mass is 10.1. The topological polar surface area (TPSA) is 84.9 Å². The monoisotopic (exact) mass is 364 g/mol. The smallest absolute Gasteiger partial charge is 0.335 e. The lowest BCUT2D eigenvalue weighted by Gasteiger charge is -2.27. The molecular formula is C20H16N2O5. The molecule has 0 radical (unpaired) electrons. The second kappa shape index (κ2) is 6.28. The third-order valence-electron chi connectivity index (χ3n) is 4.27. The molecule has 0 aromatic heterocycles. The minimum atomic E-state index is -0.766. The van der Waals surface area contributed by atoms with Crippen molar-refractivity contribution < 1.29 is 23.9 Å². The van der Waals surface area contributed by atoms with Crippen molar-refractivity contribution in [1.82, 2.24) is 5.32 Å². The number of hydrogen-bond donors (Lipinski definition) is 1. The zero-order valence-electron chi connectivity index (χ0n) is 14.7. The average Bonchev–Trinajstić information content (AvgIpc) is 3.05. The zero-order valence-corrected chi connectivity index (χ0v) is 14.7. The van der Waals surface area contributed by atoms with Crippen LogP contribution in [0.4, 0.5) is 10.5 Å². The normalized spacial score (nSPS) is 17.5. The first kappa shape index (κ1) is 16.8. The van der Waals surface area contributed by atoms with E-state index in [4.69, 9.17) is 9.47 Å². The Kier molecular flexibility index (Phi) is 3.92. The van der Waals surface area contributed by atoms with E-state index in [1.807, 2.05) is 19.9 Å². The number of nitrogens with zero attached hydrogens (tertiary/aromatic N) is 1. The van der Waals surface area contributed by atoms with Crippen LogP contribution in [0.1, 0.15) is 16.7 Å². The lowest BCUT2D eigenvalue weighted by Crippen LogP contribution is -2.54. The first-order valence-electron chi connectivity index (χ1n) is 8.32. The summed E-state index contributed by atoms with van der Waals surface area (Å²) in [6.45, 7) is 3.87. The van der Waals surface area contributed by atoms with Gasteiger partial charge in [0.1, 0.15) is 5.57 Å². The largest absolute Gasteiger partial charge is 0.454 e. The van der Waals surface area contributed by atoms with Gasteiger partial charge in [-0.05, 0) is 60.9 Å². The van der Waals surface area contributed by atoms with Crippen LogP contribution in [0.15, 0.2) is 42.0 Å². The van der Waals surface area contributed by atoms with Crippen molar-refractivity contribution in [3.05, 3.63) is 58.7 Å². The van der Waals surface area contributed by atoms with Crippen LogP contribution in [0, 0.1) is 13.8 Å².